The van der Waals surface area contributed by atoms with Crippen LogP contribution in [0.4, 0.5) is 4.39 Å². The fraction of sp³-hybridized carbons (Fsp3) is 0.357. The van der Waals surface area contributed by atoms with Crippen LogP contribution >= 0.6 is 0 Å². The molecule has 1 aromatic heterocycles. The van der Waals surface area contributed by atoms with E-state index < -0.39 is 17.2 Å². The van der Waals surface area contributed by atoms with E-state index in [4.69, 9.17) is 0 Å². The van der Waals surface area contributed by atoms with Crippen molar-refractivity contribution in [2.45, 2.75) is 32.4 Å². The quantitative estimate of drug-likeness (QED) is 0.922. The van der Waals surface area contributed by atoms with Crippen molar-refractivity contribution in [3.05, 3.63) is 39.9 Å². The highest BCUT2D eigenvalue weighted by Gasteiger charge is 2.26. The lowest BCUT2D eigenvalue weighted by atomic mass is 10.2. The predicted octanol–water partition coefficient (Wildman–Crippen LogP) is 1.45. The van der Waals surface area contributed by atoms with Crippen LogP contribution in [0.3, 0.4) is 0 Å². The molecule has 1 saturated carbocycles. The molecule has 0 atom stereocenters. The van der Waals surface area contributed by atoms with Crippen LogP contribution < -0.4 is 10.7 Å². The van der Waals surface area contributed by atoms with E-state index in [1.54, 1.807) is 0 Å². The van der Waals surface area contributed by atoms with Crippen molar-refractivity contribution in [3.63, 3.8) is 0 Å². The first-order chi connectivity index (χ1) is 9.60. The Hall–Kier alpha value is -2.24. The number of nitrogens with zero attached hydrogens (tertiary/aromatic N) is 2. The number of halogens is 1. The fourth-order valence-corrected chi connectivity index (χ4v) is 2.13. The van der Waals surface area contributed by atoms with Crippen LogP contribution in [0.2, 0.25) is 0 Å². The number of benzene rings is 1. The second kappa shape index (κ2) is 4.70. The van der Waals surface area contributed by atoms with Gasteiger partial charge >= 0.3 is 0 Å². The highest BCUT2D eigenvalue weighted by Crippen LogP contribution is 2.19. The summed E-state index contributed by atoms with van der Waals surface area (Å²) in [6.45, 7) is 2.34. The van der Waals surface area contributed by atoms with E-state index in [2.05, 4.69) is 10.4 Å². The molecule has 1 aromatic carbocycles. The van der Waals surface area contributed by atoms with Gasteiger partial charge in [0.2, 0.25) is 5.43 Å². The van der Waals surface area contributed by atoms with E-state index in [9.17, 15) is 14.0 Å². The molecular weight excluding hydrogens is 261 g/mol. The summed E-state index contributed by atoms with van der Waals surface area (Å²) in [6, 6.07) is 4.08. The summed E-state index contributed by atoms with van der Waals surface area (Å²) in [4.78, 5) is 24.3. The average Bonchev–Trinajstić information content (AvgIpc) is 3.23. The Morgan fingerprint density at radius 2 is 2.25 bits per heavy atom. The lowest BCUT2D eigenvalue weighted by molar-refractivity contribution is 0.0943. The number of rotatable bonds is 3. The normalized spacial score (nSPS) is 14.5. The van der Waals surface area contributed by atoms with Gasteiger partial charge in [0, 0.05) is 12.6 Å². The van der Waals surface area contributed by atoms with Gasteiger partial charge in [-0.15, -0.1) is 0 Å². The lowest BCUT2D eigenvalue weighted by Gasteiger charge is -2.10. The third-order valence-electron chi connectivity index (χ3n) is 3.34. The van der Waals surface area contributed by atoms with Crippen molar-refractivity contribution in [2.75, 3.05) is 0 Å². The second-order valence-corrected chi connectivity index (χ2v) is 4.90. The summed E-state index contributed by atoms with van der Waals surface area (Å²) in [5, 5.41) is 7.02. The van der Waals surface area contributed by atoms with Crippen molar-refractivity contribution in [1.82, 2.24) is 15.1 Å². The summed E-state index contributed by atoms with van der Waals surface area (Å²) in [7, 11) is 0. The van der Waals surface area contributed by atoms with Crippen LogP contribution in [-0.4, -0.2) is 21.7 Å². The molecule has 1 aliphatic carbocycles. The number of fused-ring (bicyclic) bond motifs is 1. The third-order valence-corrected chi connectivity index (χ3v) is 3.34. The first-order valence-corrected chi connectivity index (χ1v) is 6.61. The number of hydrogen-bond acceptors (Lipinski definition) is 3. The van der Waals surface area contributed by atoms with Gasteiger partial charge in [-0.3, -0.25) is 14.3 Å². The van der Waals surface area contributed by atoms with Gasteiger partial charge in [0.1, 0.15) is 5.82 Å². The molecule has 1 heterocycles. The standard InChI is InChI=1S/C14H14FN3O2/c1-2-18-11-6-3-8(15)7-10(11)13(19)12(17-18)14(20)16-9-4-5-9/h3,6-7,9H,2,4-5H2,1H3,(H,16,20). The maximum Gasteiger partial charge on any atom is 0.276 e. The highest BCUT2D eigenvalue weighted by molar-refractivity contribution is 5.95. The topological polar surface area (TPSA) is 64.0 Å². The van der Waals surface area contributed by atoms with Crippen LogP contribution in [0, 0.1) is 5.82 Å². The van der Waals surface area contributed by atoms with Gasteiger partial charge in [-0.1, -0.05) is 0 Å². The van der Waals surface area contributed by atoms with Gasteiger partial charge in [-0.05, 0) is 38.0 Å². The number of carbonyl (C=O) groups excluding carboxylic acids is 1. The molecule has 0 aliphatic heterocycles. The number of aryl methyl sites for hydroxylation is 1. The Balaban J connectivity index is 2.19. The summed E-state index contributed by atoms with van der Waals surface area (Å²) in [5.74, 6) is -0.983. The number of carbonyl (C=O) groups is 1. The summed E-state index contributed by atoms with van der Waals surface area (Å²) in [5.41, 5.74) is -0.166. The fourth-order valence-electron chi connectivity index (χ4n) is 2.13. The monoisotopic (exact) mass is 275 g/mol. The molecule has 104 valence electrons. The molecule has 0 saturated heterocycles. The van der Waals surface area contributed by atoms with E-state index in [1.807, 2.05) is 6.92 Å². The van der Waals surface area contributed by atoms with E-state index in [1.165, 1.54) is 16.8 Å². The van der Waals surface area contributed by atoms with Gasteiger partial charge in [-0.2, -0.15) is 5.10 Å². The number of nitrogens with one attached hydrogen (secondary N) is 1. The minimum Gasteiger partial charge on any atom is -0.348 e. The van der Waals surface area contributed by atoms with Crippen LogP contribution in [0.5, 0.6) is 0 Å². The molecule has 5 nitrogen and oxygen atoms in total. The molecule has 6 heteroatoms. The van der Waals surface area contributed by atoms with Gasteiger partial charge < -0.3 is 5.32 Å². The Morgan fingerprint density at radius 3 is 2.90 bits per heavy atom. The first kappa shape index (κ1) is 12.8. The maximum absolute atomic E-state index is 13.3. The largest absolute Gasteiger partial charge is 0.348 e. The maximum atomic E-state index is 13.3. The zero-order chi connectivity index (χ0) is 14.3. The van der Waals surface area contributed by atoms with E-state index >= 15 is 0 Å². The van der Waals surface area contributed by atoms with E-state index in [-0.39, 0.29) is 17.1 Å². The minimum atomic E-state index is -0.526. The molecule has 2 aromatic rings. The lowest BCUT2D eigenvalue weighted by Crippen LogP contribution is -2.33. The molecule has 1 aliphatic rings. The van der Waals surface area contributed by atoms with Crippen molar-refractivity contribution in [2.24, 2.45) is 0 Å². The van der Waals surface area contributed by atoms with Gasteiger partial charge in [0.15, 0.2) is 5.69 Å². The van der Waals surface area contributed by atoms with Crippen LogP contribution in [0.1, 0.15) is 30.3 Å². The molecule has 0 bridgehead atoms. The van der Waals surface area contributed by atoms with Crippen molar-refractivity contribution < 1.29 is 9.18 Å². The van der Waals surface area contributed by atoms with Crippen molar-refractivity contribution >= 4 is 16.8 Å². The third kappa shape index (κ3) is 2.17. The van der Waals surface area contributed by atoms with Crippen LogP contribution in [0.15, 0.2) is 23.0 Å². The van der Waals surface area contributed by atoms with Gasteiger partial charge in [-0.25, -0.2) is 4.39 Å². The Bertz CT molecular complexity index is 750. The first-order valence-electron chi connectivity index (χ1n) is 6.61. The predicted molar refractivity (Wildman–Crippen MR) is 72.1 cm³/mol. The highest BCUT2D eigenvalue weighted by atomic mass is 19.1. The summed E-state index contributed by atoms with van der Waals surface area (Å²) in [6.07, 6.45) is 1.85. The van der Waals surface area contributed by atoms with E-state index in [0.29, 0.717) is 12.1 Å². The van der Waals surface area contributed by atoms with Crippen LogP contribution in [0.25, 0.3) is 10.9 Å². The summed E-state index contributed by atoms with van der Waals surface area (Å²) >= 11 is 0. The Morgan fingerprint density at radius 1 is 1.50 bits per heavy atom. The molecule has 0 spiro atoms. The van der Waals surface area contributed by atoms with Gasteiger partial charge in [0.05, 0.1) is 10.9 Å². The van der Waals surface area contributed by atoms with Crippen LogP contribution in [-0.2, 0) is 6.54 Å². The molecule has 1 amide bonds. The molecule has 1 fully saturated rings. The molecule has 20 heavy (non-hydrogen) atoms. The van der Waals surface area contributed by atoms with Gasteiger partial charge in [0.25, 0.3) is 5.91 Å². The summed E-state index contributed by atoms with van der Waals surface area (Å²) < 4.78 is 14.9. The minimum absolute atomic E-state index is 0.141. The Kier molecular flexibility index (Phi) is 3.00. The SMILES string of the molecule is CCn1nc(C(=O)NC2CC2)c(=O)c2cc(F)ccc21. The molecule has 0 radical (unpaired) electrons. The van der Waals surface area contributed by atoms with Crippen molar-refractivity contribution in [3.8, 4) is 0 Å². The van der Waals surface area contributed by atoms with E-state index in [0.717, 1.165) is 18.9 Å². The van der Waals surface area contributed by atoms with Crippen molar-refractivity contribution in [1.29, 1.82) is 0 Å². The molecular formula is C14H14FN3O2. The Labute approximate surface area is 114 Å². The average molecular weight is 275 g/mol. The zero-order valence-corrected chi connectivity index (χ0v) is 11.0. The second-order valence-electron chi connectivity index (χ2n) is 4.90. The molecule has 3 rings (SSSR count). The number of amides is 1. The molecule has 0 unspecified atom stereocenters. The molecule has 1 N–H and O–H groups in total. The smallest absolute Gasteiger partial charge is 0.276 e. The number of hydrogen-bond donors (Lipinski definition) is 1. The number of aromatic nitrogens is 2. The zero-order valence-electron chi connectivity index (χ0n) is 11.0.